The van der Waals surface area contributed by atoms with Crippen molar-refractivity contribution in [2.45, 2.75) is 12.8 Å². The van der Waals surface area contributed by atoms with Gasteiger partial charge >= 0.3 is 0 Å². The minimum atomic E-state index is -0.0205. The van der Waals surface area contributed by atoms with Gasteiger partial charge in [-0.05, 0) is 48.5 Å². The van der Waals surface area contributed by atoms with E-state index in [9.17, 15) is 9.59 Å². The lowest BCUT2D eigenvalue weighted by Gasteiger charge is -2.36. The molecule has 3 rings (SSSR count). The number of amides is 1. The van der Waals surface area contributed by atoms with Crippen molar-refractivity contribution in [3.63, 3.8) is 0 Å². The first-order chi connectivity index (χ1) is 13.6. The highest BCUT2D eigenvalue weighted by molar-refractivity contribution is 5.98. The molecule has 1 saturated heterocycles. The molecule has 148 valence electrons. The van der Waals surface area contributed by atoms with Gasteiger partial charge in [-0.1, -0.05) is 0 Å². The molecule has 0 aliphatic carbocycles. The lowest BCUT2D eigenvalue weighted by Crippen LogP contribution is -2.48. The van der Waals surface area contributed by atoms with Crippen LogP contribution in [-0.4, -0.2) is 57.0 Å². The Balaban J connectivity index is 1.46. The first-order valence-electron chi connectivity index (χ1n) is 9.44. The van der Waals surface area contributed by atoms with Gasteiger partial charge in [-0.3, -0.25) is 9.59 Å². The lowest BCUT2D eigenvalue weighted by molar-refractivity contribution is -0.131. The van der Waals surface area contributed by atoms with Gasteiger partial charge in [0.2, 0.25) is 5.91 Å². The molecule has 0 saturated carbocycles. The Morgan fingerprint density at radius 3 is 1.86 bits per heavy atom. The van der Waals surface area contributed by atoms with E-state index in [4.69, 9.17) is 9.47 Å². The fourth-order valence-corrected chi connectivity index (χ4v) is 3.31. The third-order valence-corrected chi connectivity index (χ3v) is 5.05. The van der Waals surface area contributed by atoms with Crippen LogP contribution in [0.25, 0.3) is 0 Å². The normalized spacial score (nSPS) is 13.9. The van der Waals surface area contributed by atoms with Crippen molar-refractivity contribution in [2.24, 2.45) is 0 Å². The summed E-state index contributed by atoms with van der Waals surface area (Å²) in [5, 5.41) is 0. The standard InChI is InChI=1S/C22H26N2O4/c1-27-19-7-3-17(4-8-19)21(25)11-12-22(26)24-15-13-23(14-16-24)18-5-9-20(28-2)10-6-18/h3-10H,11-16H2,1-2H3. The second-order valence-corrected chi connectivity index (χ2v) is 6.72. The Morgan fingerprint density at radius 2 is 1.32 bits per heavy atom. The maximum atomic E-state index is 12.5. The van der Waals surface area contributed by atoms with E-state index >= 15 is 0 Å². The molecule has 1 aliphatic rings. The number of methoxy groups -OCH3 is 2. The van der Waals surface area contributed by atoms with Crippen LogP contribution in [-0.2, 0) is 4.79 Å². The van der Waals surface area contributed by atoms with E-state index in [0.717, 1.165) is 24.5 Å². The molecule has 0 bridgehead atoms. The first-order valence-corrected chi connectivity index (χ1v) is 9.44. The van der Waals surface area contributed by atoms with E-state index in [1.807, 2.05) is 29.2 Å². The molecule has 0 atom stereocenters. The van der Waals surface area contributed by atoms with Crippen LogP contribution in [0, 0.1) is 0 Å². The highest BCUT2D eigenvalue weighted by Gasteiger charge is 2.22. The number of ether oxygens (including phenoxy) is 2. The maximum absolute atomic E-state index is 12.5. The molecule has 0 radical (unpaired) electrons. The number of nitrogens with zero attached hydrogens (tertiary/aromatic N) is 2. The number of ketones is 1. The van der Waals surface area contributed by atoms with Crippen molar-refractivity contribution in [1.29, 1.82) is 0 Å². The van der Waals surface area contributed by atoms with E-state index in [1.165, 1.54) is 0 Å². The fraction of sp³-hybridized carbons (Fsp3) is 0.364. The Hall–Kier alpha value is -3.02. The molecule has 6 nitrogen and oxygen atoms in total. The monoisotopic (exact) mass is 382 g/mol. The van der Waals surface area contributed by atoms with Gasteiger partial charge in [0.25, 0.3) is 0 Å². The molecule has 0 N–H and O–H groups in total. The molecule has 1 aliphatic heterocycles. The highest BCUT2D eigenvalue weighted by atomic mass is 16.5. The van der Waals surface area contributed by atoms with Crippen LogP contribution < -0.4 is 14.4 Å². The van der Waals surface area contributed by atoms with Crippen LogP contribution in [0.3, 0.4) is 0 Å². The van der Waals surface area contributed by atoms with Gasteiger partial charge in [0.05, 0.1) is 14.2 Å². The molecule has 2 aromatic carbocycles. The molecule has 0 unspecified atom stereocenters. The molecule has 2 aromatic rings. The zero-order valence-corrected chi connectivity index (χ0v) is 16.4. The molecule has 0 spiro atoms. The number of piperazine rings is 1. The van der Waals surface area contributed by atoms with Gasteiger partial charge in [-0.2, -0.15) is 0 Å². The average Bonchev–Trinajstić information content (AvgIpc) is 2.77. The number of carbonyl (C=O) groups excluding carboxylic acids is 2. The predicted octanol–water partition coefficient (Wildman–Crippen LogP) is 3.02. The minimum Gasteiger partial charge on any atom is -0.497 e. The highest BCUT2D eigenvalue weighted by Crippen LogP contribution is 2.21. The topological polar surface area (TPSA) is 59.1 Å². The van der Waals surface area contributed by atoms with Crippen molar-refractivity contribution >= 4 is 17.4 Å². The molecule has 0 aromatic heterocycles. The Bertz CT molecular complexity index is 794. The minimum absolute atomic E-state index is 0.0205. The Kier molecular flexibility index (Phi) is 6.53. The van der Waals surface area contributed by atoms with Crippen LogP contribution >= 0.6 is 0 Å². The van der Waals surface area contributed by atoms with Gasteiger partial charge < -0.3 is 19.3 Å². The van der Waals surface area contributed by atoms with Crippen molar-refractivity contribution < 1.29 is 19.1 Å². The number of Topliss-reactive ketones (excluding diaryl/α,β-unsaturated/α-hetero) is 1. The molecular weight excluding hydrogens is 356 g/mol. The Morgan fingerprint density at radius 1 is 0.786 bits per heavy atom. The number of hydrogen-bond acceptors (Lipinski definition) is 5. The molecule has 1 amide bonds. The van der Waals surface area contributed by atoms with E-state index < -0.39 is 0 Å². The summed E-state index contributed by atoms with van der Waals surface area (Å²) in [6.45, 7) is 2.90. The summed E-state index contributed by atoms with van der Waals surface area (Å²) < 4.78 is 10.3. The fourth-order valence-electron chi connectivity index (χ4n) is 3.31. The molecular formula is C22H26N2O4. The third kappa shape index (κ3) is 4.82. The summed E-state index contributed by atoms with van der Waals surface area (Å²) in [4.78, 5) is 28.9. The van der Waals surface area contributed by atoms with Gasteiger partial charge in [-0.15, -0.1) is 0 Å². The predicted molar refractivity (Wildman–Crippen MR) is 108 cm³/mol. The van der Waals surface area contributed by atoms with E-state index in [2.05, 4.69) is 4.90 Å². The van der Waals surface area contributed by atoms with Gasteiger partial charge in [0.15, 0.2) is 5.78 Å². The molecule has 1 heterocycles. The summed E-state index contributed by atoms with van der Waals surface area (Å²) in [5.74, 6) is 1.56. The summed E-state index contributed by atoms with van der Waals surface area (Å²) >= 11 is 0. The third-order valence-electron chi connectivity index (χ3n) is 5.05. The lowest BCUT2D eigenvalue weighted by atomic mass is 10.1. The SMILES string of the molecule is COc1ccc(C(=O)CCC(=O)N2CCN(c3ccc(OC)cc3)CC2)cc1. The van der Waals surface area contributed by atoms with E-state index in [0.29, 0.717) is 24.4 Å². The van der Waals surface area contributed by atoms with Crippen LogP contribution in [0.1, 0.15) is 23.2 Å². The summed E-state index contributed by atoms with van der Waals surface area (Å²) in [6, 6.07) is 14.9. The van der Waals surface area contributed by atoms with Crippen LogP contribution in [0.2, 0.25) is 0 Å². The Labute approximate surface area is 165 Å². The smallest absolute Gasteiger partial charge is 0.223 e. The zero-order valence-electron chi connectivity index (χ0n) is 16.4. The van der Waals surface area contributed by atoms with Crippen LogP contribution in [0.5, 0.6) is 11.5 Å². The van der Waals surface area contributed by atoms with E-state index in [1.54, 1.807) is 38.5 Å². The van der Waals surface area contributed by atoms with Crippen molar-refractivity contribution in [1.82, 2.24) is 4.90 Å². The zero-order chi connectivity index (χ0) is 19.9. The number of benzene rings is 2. The largest absolute Gasteiger partial charge is 0.497 e. The van der Waals surface area contributed by atoms with Crippen LogP contribution in [0.4, 0.5) is 5.69 Å². The van der Waals surface area contributed by atoms with Crippen LogP contribution in [0.15, 0.2) is 48.5 Å². The van der Waals surface area contributed by atoms with Gasteiger partial charge in [-0.25, -0.2) is 0 Å². The van der Waals surface area contributed by atoms with Crippen molar-refractivity contribution in [3.05, 3.63) is 54.1 Å². The number of rotatable bonds is 7. The quantitative estimate of drug-likeness (QED) is 0.689. The molecule has 28 heavy (non-hydrogen) atoms. The molecule has 6 heteroatoms. The van der Waals surface area contributed by atoms with Crippen molar-refractivity contribution in [2.75, 3.05) is 45.3 Å². The number of carbonyl (C=O) groups is 2. The molecule has 1 fully saturated rings. The summed E-state index contributed by atoms with van der Waals surface area (Å²) in [5.41, 5.74) is 1.74. The summed E-state index contributed by atoms with van der Waals surface area (Å²) in [6.07, 6.45) is 0.469. The van der Waals surface area contributed by atoms with Gasteiger partial charge in [0, 0.05) is 50.3 Å². The number of hydrogen-bond donors (Lipinski definition) is 0. The summed E-state index contributed by atoms with van der Waals surface area (Å²) in [7, 11) is 3.24. The second kappa shape index (κ2) is 9.26. The maximum Gasteiger partial charge on any atom is 0.223 e. The second-order valence-electron chi connectivity index (χ2n) is 6.72. The average molecular weight is 382 g/mol. The number of anilines is 1. The van der Waals surface area contributed by atoms with Gasteiger partial charge in [0.1, 0.15) is 11.5 Å². The first kappa shape index (κ1) is 19.7. The van der Waals surface area contributed by atoms with E-state index in [-0.39, 0.29) is 24.5 Å². The van der Waals surface area contributed by atoms with Crippen molar-refractivity contribution in [3.8, 4) is 11.5 Å².